The largest absolute Gasteiger partial charge is 0.390 e. The van der Waals surface area contributed by atoms with Crippen molar-refractivity contribution >= 4 is 17.5 Å². The molecule has 148 valence electrons. The Morgan fingerprint density at radius 3 is 2.54 bits per heavy atom. The minimum atomic E-state index is -0.418. The van der Waals surface area contributed by atoms with E-state index in [4.69, 9.17) is 0 Å². The molecule has 0 aromatic carbocycles. The number of carbonyl (C=O) groups excluding carboxylic acids is 1. The topological polar surface area (TPSA) is 37.3 Å². The fourth-order valence-corrected chi connectivity index (χ4v) is 8.52. The van der Waals surface area contributed by atoms with Crippen molar-refractivity contribution in [1.82, 2.24) is 0 Å². The fourth-order valence-electron chi connectivity index (χ4n) is 7.91. The van der Waals surface area contributed by atoms with Crippen molar-refractivity contribution in [3.63, 3.8) is 0 Å². The summed E-state index contributed by atoms with van der Waals surface area (Å²) in [6, 6.07) is 0. The number of fused-ring (bicyclic) bond motifs is 5. The molecule has 0 heterocycles. The maximum absolute atomic E-state index is 12.9. The Bertz CT molecular complexity index is 544. The molecule has 4 saturated carbocycles. The second kappa shape index (κ2) is 7.10. The second-order valence-corrected chi connectivity index (χ2v) is 11.7. The summed E-state index contributed by atoms with van der Waals surface area (Å²) in [5.41, 5.74) is -0.140. The van der Waals surface area contributed by atoms with Crippen molar-refractivity contribution in [3.8, 4) is 0 Å². The Hall–Kier alpha value is -0.0200. The van der Waals surface area contributed by atoms with Crippen molar-refractivity contribution in [2.45, 2.75) is 84.2 Å². The number of Topliss-reactive ketones (excluding diaryl/α,β-unsaturated/α-hetero) is 1. The third-order valence-corrected chi connectivity index (χ3v) is 9.97. The lowest BCUT2D eigenvalue weighted by molar-refractivity contribution is -0.129. The minimum Gasteiger partial charge on any atom is -0.390 e. The Labute approximate surface area is 164 Å². The van der Waals surface area contributed by atoms with E-state index in [1.54, 1.807) is 11.8 Å². The first-order valence-corrected chi connectivity index (χ1v) is 12.3. The van der Waals surface area contributed by atoms with E-state index < -0.39 is 5.60 Å². The van der Waals surface area contributed by atoms with E-state index in [0.29, 0.717) is 11.7 Å². The Morgan fingerprint density at radius 2 is 1.77 bits per heavy atom. The highest BCUT2D eigenvalue weighted by atomic mass is 32.2. The van der Waals surface area contributed by atoms with E-state index in [9.17, 15) is 9.90 Å². The highest BCUT2D eigenvalue weighted by Crippen LogP contribution is 2.64. The molecule has 0 aromatic heterocycles. The van der Waals surface area contributed by atoms with Crippen LogP contribution in [0.2, 0.25) is 0 Å². The zero-order valence-electron chi connectivity index (χ0n) is 17.0. The van der Waals surface area contributed by atoms with Crippen LogP contribution in [-0.2, 0) is 4.79 Å². The molecule has 4 aliphatic rings. The highest BCUT2D eigenvalue weighted by Gasteiger charge is 2.58. The lowest BCUT2D eigenvalue weighted by Crippen LogP contribution is -2.51. The predicted octanol–water partition coefficient (Wildman–Crippen LogP) is 5.33. The lowest BCUT2D eigenvalue weighted by atomic mass is 9.49. The zero-order chi connectivity index (χ0) is 18.5. The van der Waals surface area contributed by atoms with Gasteiger partial charge in [0.05, 0.1) is 11.4 Å². The number of rotatable bonds is 4. The van der Waals surface area contributed by atoms with Crippen molar-refractivity contribution < 1.29 is 9.90 Å². The summed E-state index contributed by atoms with van der Waals surface area (Å²) >= 11 is 1.81. The molecule has 0 saturated heterocycles. The first-order valence-electron chi connectivity index (χ1n) is 11.2. The van der Waals surface area contributed by atoms with Crippen LogP contribution >= 0.6 is 11.8 Å². The van der Waals surface area contributed by atoms with Crippen LogP contribution in [0.3, 0.4) is 0 Å². The minimum absolute atomic E-state index is 0.277. The molecule has 0 unspecified atom stereocenters. The number of hydrogen-bond acceptors (Lipinski definition) is 3. The predicted molar refractivity (Wildman–Crippen MR) is 109 cm³/mol. The molecule has 0 bridgehead atoms. The first-order chi connectivity index (χ1) is 12.4. The van der Waals surface area contributed by atoms with Crippen LogP contribution in [0.4, 0.5) is 0 Å². The number of ketones is 1. The molecule has 0 radical (unpaired) electrons. The molecule has 1 N–H and O–H groups in total. The summed E-state index contributed by atoms with van der Waals surface area (Å²) in [6.07, 6.45) is 11.0. The summed E-state index contributed by atoms with van der Waals surface area (Å²) in [5.74, 6) is 6.78. The van der Waals surface area contributed by atoms with Crippen LogP contribution in [0.25, 0.3) is 0 Å². The third-order valence-electron chi connectivity index (χ3n) is 9.07. The van der Waals surface area contributed by atoms with Crippen LogP contribution in [0.5, 0.6) is 0 Å². The van der Waals surface area contributed by atoms with Gasteiger partial charge in [0, 0.05) is 5.92 Å². The average Bonchev–Trinajstić information content (AvgIpc) is 2.95. The monoisotopic (exact) mass is 378 g/mol. The van der Waals surface area contributed by atoms with Crippen LogP contribution < -0.4 is 0 Å². The van der Waals surface area contributed by atoms with E-state index in [-0.39, 0.29) is 5.41 Å². The van der Waals surface area contributed by atoms with Gasteiger partial charge in [-0.25, -0.2) is 0 Å². The van der Waals surface area contributed by atoms with Gasteiger partial charge in [0.2, 0.25) is 0 Å². The van der Waals surface area contributed by atoms with Gasteiger partial charge in [0.1, 0.15) is 5.78 Å². The van der Waals surface area contributed by atoms with Crippen LogP contribution in [-0.4, -0.2) is 28.0 Å². The number of aliphatic hydroxyl groups is 1. The van der Waals surface area contributed by atoms with Gasteiger partial charge in [-0.1, -0.05) is 13.8 Å². The first kappa shape index (κ1) is 19.3. The van der Waals surface area contributed by atoms with Crippen LogP contribution in [0, 0.1) is 40.9 Å². The highest BCUT2D eigenvalue weighted by molar-refractivity contribution is 7.99. The van der Waals surface area contributed by atoms with E-state index in [0.717, 1.165) is 60.4 Å². The van der Waals surface area contributed by atoms with Gasteiger partial charge in [0.25, 0.3) is 0 Å². The molecule has 0 spiro atoms. The Kier molecular flexibility index (Phi) is 5.27. The Morgan fingerprint density at radius 1 is 1.00 bits per heavy atom. The van der Waals surface area contributed by atoms with Gasteiger partial charge < -0.3 is 5.11 Å². The maximum Gasteiger partial charge on any atom is 0.146 e. The molecule has 0 aliphatic heterocycles. The van der Waals surface area contributed by atoms with Gasteiger partial charge in [-0.15, -0.1) is 0 Å². The smallest absolute Gasteiger partial charge is 0.146 e. The number of hydrogen-bond donors (Lipinski definition) is 1. The molecule has 4 rings (SSSR count). The SMILES string of the molecule is CCSCC(=O)[C@H]1CC[C@H]2[C@@H]3CC[C@@H]4C[C@](C)(O)CC[C@@H]4[C@H]3CC[C@]12C. The van der Waals surface area contributed by atoms with Gasteiger partial charge in [-0.05, 0) is 105 Å². The average molecular weight is 379 g/mol. The van der Waals surface area contributed by atoms with Gasteiger partial charge in [0.15, 0.2) is 0 Å². The molecular weight excluding hydrogens is 340 g/mol. The van der Waals surface area contributed by atoms with E-state index in [1.165, 1.54) is 38.5 Å². The van der Waals surface area contributed by atoms with Gasteiger partial charge in [-0.2, -0.15) is 11.8 Å². The summed E-state index contributed by atoms with van der Waals surface area (Å²) in [7, 11) is 0. The number of thioether (sulfide) groups is 1. The second-order valence-electron chi connectivity index (χ2n) is 10.5. The van der Waals surface area contributed by atoms with Crippen molar-refractivity contribution in [3.05, 3.63) is 0 Å². The maximum atomic E-state index is 12.9. The molecule has 0 amide bonds. The van der Waals surface area contributed by atoms with E-state index in [1.807, 2.05) is 0 Å². The van der Waals surface area contributed by atoms with E-state index >= 15 is 0 Å². The standard InChI is InChI=1S/C23H38O2S/c1-4-26-14-21(24)20-8-7-19-18-6-5-15-13-22(2,25)11-9-16(15)17(18)10-12-23(19,20)3/h15-20,25H,4-14H2,1-3H3/t15-,16+,17-,18-,19+,20-,22-,23+/m1/s1. The molecule has 8 atom stereocenters. The molecule has 3 heteroatoms. The summed E-state index contributed by atoms with van der Waals surface area (Å²) in [4.78, 5) is 12.9. The summed E-state index contributed by atoms with van der Waals surface area (Å²) in [6.45, 7) is 6.68. The number of carbonyl (C=O) groups is 1. The summed E-state index contributed by atoms with van der Waals surface area (Å²) < 4.78 is 0. The molecule has 4 aliphatic carbocycles. The Balaban J connectivity index is 1.49. The van der Waals surface area contributed by atoms with Crippen molar-refractivity contribution in [2.24, 2.45) is 40.9 Å². The molecular formula is C23H38O2S. The lowest BCUT2D eigenvalue weighted by Gasteiger charge is -2.56. The molecule has 4 fully saturated rings. The summed E-state index contributed by atoms with van der Waals surface area (Å²) in [5, 5.41) is 10.5. The fraction of sp³-hybridized carbons (Fsp3) is 0.957. The quantitative estimate of drug-likeness (QED) is 0.718. The van der Waals surface area contributed by atoms with Crippen molar-refractivity contribution in [2.75, 3.05) is 11.5 Å². The van der Waals surface area contributed by atoms with E-state index in [2.05, 4.69) is 20.8 Å². The normalized spacial score (nSPS) is 50.6. The van der Waals surface area contributed by atoms with Crippen molar-refractivity contribution in [1.29, 1.82) is 0 Å². The van der Waals surface area contributed by atoms with Gasteiger partial charge >= 0.3 is 0 Å². The van der Waals surface area contributed by atoms with Crippen LogP contribution in [0.15, 0.2) is 0 Å². The van der Waals surface area contributed by atoms with Gasteiger partial charge in [-0.3, -0.25) is 4.79 Å². The molecule has 2 nitrogen and oxygen atoms in total. The molecule has 0 aromatic rings. The molecule has 26 heavy (non-hydrogen) atoms. The van der Waals surface area contributed by atoms with Crippen LogP contribution in [0.1, 0.15) is 78.6 Å². The zero-order valence-corrected chi connectivity index (χ0v) is 17.8. The third kappa shape index (κ3) is 3.19.